The van der Waals surface area contributed by atoms with Gasteiger partial charge in [0.05, 0.1) is 0 Å². The van der Waals surface area contributed by atoms with Crippen molar-refractivity contribution < 1.29 is 0 Å². The Bertz CT molecular complexity index is 496. The van der Waals surface area contributed by atoms with Gasteiger partial charge in [-0.2, -0.15) is 0 Å². The van der Waals surface area contributed by atoms with E-state index in [0.717, 1.165) is 17.7 Å². The minimum Gasteiger partial charge on any atom is -0.346 e. The Kier molecular flexibility index (Phi) is 10.5. The Labute approximate surface area is 168 Å². The zero-order valence-electron chi connectivity index (χ0n) is 18.3. The second kappa shape index (κ2) is 12.6. The normalized spacial score (nSPS) is 26.4. The van der Waals surface area contributed by atoms with E-state index in [2.05, 4.69) is 36.9 Å². The van der Waals surface area contributed by atoms with E-state index in [1.165, 1.54) is 95.6 Å². The second-order valence-electron chi connectivity index (χ2n) is 9.15. The van der Waals surface area contributed by atoms with E-state index in [1.807, 2.05) is 0 Å². The number of aromatic amines is 1. The summed E-state index contributed by atoms with van der Waals surface area (Å²) in [6.45, 7) is 6.72. The molecule has 0 aromatic carbocycles. The first-order valence-corrected chi connectivity index (χ1v) is 11.9. The lowest BCUT2D eigenvalue weighted by Crippen LogP contribution is -2.28. The molecule has 0 spiro atoms. The molecule has 0 amide bonds. The van der Waals surface area contributed by atoms with Gasteiger partial charge in [-0.25, -0.2) is 4.98 Å². The molecule has 1 aromatic rings. The molecule has 27 heavy (non-hydrogen) atoms. The number of hydrogen-bond acceptors (Lipinski definition) is 2. The van der Waals surface area contributed by atoms with Crippen molar-refractivity contribution in [3.05, 3.63) is 17.7 Å². The number of hydrogen-bond donors (Lipinski definition) is 2. The maximum atomic E-state index is 6.59. The van der Waals surface area contributed by atoms with Crippen LogP contribution in [0.1, 0.15) is 121 Å². The van der Waals surface area contributed by atoms with Crippen LogP contribution in [-0.2, 0) is 0 Å². The monoisotopic (exact) mass is 375 g/mol. The van der Waals surface area contributed by atoms with Gasteiger partial charge in [0.15, 0.2) is 0 Å². The molecule has 156 valence electrons. The van der Waals surface area contributed by atoms with Crippen molar-refractivity contribution in [2.45, 2.75) is 123 Å². The fourth-order valence-electron chi connectivity index (χ4n) is 5.17. The smallest absolute Gasteiger partial charge is 0.103 e. The molecule has 3 N–H and O–H groups in total. The number of nitrogens with zero attached hydrogens (tertiary/aromatic N) is 1. The third-order valence-electron chi connectivity index (χ3n) is 6.74. The first-order valence-electron chi connectivity index (χ1n) is 11.9. The van der Waals surface area contributed by atoms with Crippen LogP contribution >= 0.6 is 0 Å². The fraction of sp³-hybridized carbons (Fsp3) is 0.875. The predicted octanol–water partition coefficient (Wildman–Crippen LogP) is 6.88. The number of H-pyrrole nitrogens is 1. The molecule has 4 atom stereocenters. The molecule has 0 aliphatic heterocycles. The Morgan fingerprint density at radius 3 is 2.48 bits per heavy atom. The van der Waals surface area contributed by atoms with E-state index < -0.39 is 0 Å². The lowest BCUT2D eigenvalue weighted by Gasteiger charge is -2.32. The third kappa shape index (κ3) is 7.97. The number of imidazole rings is 1. The topological polar surface area (TPSA) is 54.7 Å². The molecule has 1 heterocycles. The minimum absolute atomic E-state index is 0.409. The van der Waals surface area contributed by atoms with E-state index in [-0.39, 0.29) is 0 Å². The average Bonchev–Trinajstić information content (AvgIpc) is 3.07. The van der Waals surface area contributed by atoms with Crippen LogP contribution in [0.5, 0.6) is 0 Å². The molecule has 3 heteroatoms. The van der Waals surface area contributed by atoms with Gasteiger partial charge < -0.3 is 10.7 Å². The third-order valence-corrected chi connectivity index (χ3v) is 6.74. The molecule has 1 fully saturated rings. The molecule has 2 rings (SSSR count). The molecule has 0 bridgehead atoms. The summed E-state index contributed by atoms with van der Waals surface area (Å²) in [6.07, 6.45) is 20.7. The first kappa shape index (κ1) is 22.5. The van der Waals surface area contributed by atoms with Gasteiger partial charge in [0, 0.05) is 23.9 Å². The van der Waals surface area contributed by atoms with Crippen LogP contribution in [0.4, 0.5) is 0 Å². The Morgan fingerprint density at radius 1 is 1.07 bits per heavy atom. The molecular weight excluding hydrogens is 330 g/mol. The molecule has 3 unspecified atom stereocenters. The van der Waals surface area contributed by atoms with E-state index >= 15 is 0 Å². The average molecular weight is 376 g/mol. The number of rotatable bonds is 8. The molecule has 1 aliphatic rings. The largest absolute Gasteiger partial charge is 0.346 e. The SMILES string of the molecule is CCCCC1CC(N)CCCCCCC[C@H]1CC(CCC)c1cnc(C)[nH]1. The summed E-state index contributed by atoms with van der Waals surface area (Å²) in [5.41, 5.74) is 7.95. The van der Waals surface area contributed by atoms with Crippen molar-refractivity contribution in [2.75, 3.05) is 0 Å². The van der Waals surface area contributed by atoms with Gasteiger partial charge in [-0.05, 0) is 44.4 Å². The van der Waals surface area contributed by atoms with Gasteiger partial charge in [-0.3, -0.25) is 0 Å². The molecule has 1 saturated carbocycles. The van der Waals surface area contributed by atoms with Crippen LogP contribution in [-0.4, -0.2) is 16.0 Å². The van der Waals surface area contributed by atoms with Crippen molar-refractivity contribution in [3.8, 4) is 0 Å². The standard InChI is InChI=1S/C24H45N3/c1-4-6-13-21-17-23(25)15-11-9-7-8-10-14-20(21)16-22(12-5-2)24-18-26-19(3)27-24/h18,20-23H,4-17,25H2,1-3H3,(H,26,27)/t20-,21?,22?,23?/m0/s1. The van der Waals surface area contributed by atoms with Crippen LogP contribution in [0.25, 0.3) is 0 Å². The number of aromatic nitrogens is 2. The van der Waals surface area contributed by atoms with E-state index in [4.69, 9.17) is 5.73 Å². The highest BCUT2D eigenvalue weighted by molar-refractivity contribution is 5.07. The lowest BCUT2D eigenvalue weighted by atomic mass is 9.74. The van der Waals surface area contributed by atoms with Crippen molar-refractivity contribution in [1.29, 1.82) is 0 Å². The van der Waals surface area contributed by atoms with Crippen molar-refractivity contribution in [3.63, 3.8) is 0 Å². The van der Waals surface area contributed by atoms with Crippen LogP contribution < -0.4 is 5.73 Å². The van der Waals surface area contributed by atoms with Crippen molar-refractivity contribution in [1.82, 2.24) is 9.97 Å². The quantitative estimate of drug-likeness (QED) is 0.520. The summed E-state index contributed by atoms with van der Waals surface area (Å²) >= 11 is 0. The number of aryl methyl sites for hydroxylation is 1. The van der Waals surface area contributed by atoms with Gasteiger partial charge in [0.1, 0.15) is 5.82 Å². The second-order valence-corrected chi connectivity index (χ2v) is 9.15. The highest BCUT2D eigenvalue weighted by Crippen LogP contribution is 2.38. The van der Waals surface area contributed by atoms with E-state index in [0.29, 0.717) is 12.0 Å². The summed E-state index contributed by atoms with van der Waals surface area (Å²) < 4.78 is 0. The Balaban J connectivity index is 2.14. The molecule has 1 aromatic heterocycles. The van der Waals surface area contributed by atoms with Crippen LogP contribution in [0, 0.1) is 18.8 Å². The Hall–Kier alpha value is -0.830. The molecule has 1 aliphatic carbocycles. The lowest BCUT2D eigenvalue weighted by molar-refractivity contribution is 0.221. The number of nitrogens with one attached hydrogen (secondary N) is 1. The summed E-state index contributed by atoms with van der Waals surface area (Å²) in [4.78, 5) is 8.03. The maximum absolute atomic E-state index is 6.59. The first-order chi connectivity index (χ1) is 13.1. The van der Waals surface area contributed by atoms with Gasteiger partial charge in [-0.1, -0.05) is 78.1 Å². The van der Waals surface area contributed by atoms with Crippen LogP contribution in [0.2, 0.25) is 0 Å². The van der Waals surface area contributed by atoms with Gasteiger partial charge in [0.25, 0.3) is 0 Å². The molecule has 0 saturated heterocycles. The molecule has 0 radical (unpaired) electrons. The summed E-state index contributed by atoms with van der Waals surface area (Å²) in [5, 5.41) is 0. The van der Waals surface area contributed by atoms with Gasteiger partial charge in [-0.15, -0.1) is 0 Å². The van der Waals surface area contributed by atoms with E-state index in [9.17, 15) is 0 Å². The van der Waals surface area contributed by atoms with Crippen molar-refractivity contribution in [2.24, 2.45) is 17.6 Å². The van der Waals surface area contributed by atoms with Crippen LogP contribution in [0.3, 0.4) is 0 Å². The highest BCUT2D eigenvalue weighted by atomic mass is 14.9. The zero-order chi connectivity index (χ0) is 19.5. The fourth-order valence-corrected chi connectivity index (χ4v) is 5.17. The van der Waals surface area contributed by atoms with Crippen molar-refractivity contribution >= 4 is 0 Å². The molecule has 3 nitrogen and oxygen atoms in total. The summed E-state index contributed by atoms with van der Waals surface area (Å²) in [5.74, 6) is 3.31. The number of unbranched alkanes of at least 4 members (excludes halogenated alkanes) is 1. The van der Waals surface area contributed by atoms with Crippen LogP contribution in [0.15, 0.2) is 6.20 Å². The predicted molar refractivity (Wildman–Crippen MR) is 117 cm³/mol. The Morgan fingerprint density at radius 2 is 1.81 bits per heavy atom. The van der Waals surface area contributed by atoms with Gasteiger partial charge in [0.2, 0.25) is 0 Å². The highest BCUT2D eigenvalue weighted by Gasteiger charge is 2.27. The molecular formula is C24H45N3. The maximum Gasteiger partial charge on any atom is 0.103 e. The summed E-state index contributed by atoms with van der Waals surface area (Å²) in [6, 6.07) is 0.409. The number of nitrogens with two attached hydrogens (primary N) is 1. The summed E-state index contributed by atoms with van der Waals surface area (Å²) in [7, 11) is 0. The zero-order valence-corrected chi connectivity index (χ0v) is 18.3. The van der Waals surface area contributed by atoms with Gasteiger partial charge >= 0.3 is 0 Å². The van der Waals surface area contributed by atoms with E-state index in [1.54, 1.807) is 0 Å². The minimum atomic E-state index is 0.409.